The molecule has 0 radical (unpaired) electrons. The third-order valence-corrected chi connectivity index (χ3v) is 2.10. The normalized spacial score (nSPS) is 12.5. The fourth-order valence-electron chi connectivity index (χ4n) is 1.18. The molecule has 0 N–H and O–H groups in total. The Balaban J connectivity index is 2.88. The minimum atomic E-state index is -0.105. The molecular weight excluding hydrogens is 164 g/mol. The van der Waals surface area contributed by atoms with Gasteiger partial charge in [0.25, 0.3) is 0 Å². The molecule has 0 aliphatic carbocycles. The molecule has 0 amide bonds. The van der Waals surface area contributed by atoms with Gasteiger partial charge >= 0.3 is 0 Å². The highest BCUT2D eigenvalue weighted by Gasteiger charge is 2.14. The van der Waals surface area contributed by atoms with Crippen LogP contribution in [0.15, 0.2) is 12.4 Å². The van der Waals surface area contributed by atoms with Crippen molar-refractivity contribution in [2.75, 3.05) is 0 Å². The monoisotopic (exact) mass is 178 g/mol. The zero-order valence-electron chi connectivity index (χ0n) is 8.24. The van der Waals surface area contributed by atoms with E-state index in [9.17, 15) is 4.79 Å². The Morgan fingerprint density at radius 2 is 2.23 bits per heavy atom. The maximum Gasteiger partial charge on any atom is 0.141 e. The van der Waals surface area contributed by atoms with E-state index in [0.717, 1.165) is 11.4 Å². The molecule has 1 aromatic heterocycles. The lowest BCUT2D eigenvalue weighted by Gasteiger charge is -2.07. The van der Waals surface area contributed by atoms with Crippen LogP contribution in [0.3, 0.4) is 0 Å². The lowest BCUT2D eigenvalue weighted by Crippen LogP contribution is -2.09. The molecule has 1 atom stereocenters. The molecule has 1 aromatic rings. The zero-order chi connectivity index (χ0) is 9.84. The maximum atomic E-state index is 11.4. The van der Waals surface area contributed by atoms with Gasteiger partial charge in [0, 0.05) is 12.1 Å². The number of carbonyl (C=O) groups is 1. The lowest BCUT2D eigenvalue weighted by molar-refractivity contribution is -0.119. The second-order valence-corrected chi connectivity index (χ2v) is 3.13. The molecule has 0 saturated heterocycles. The summed E-state index contributed by atoms with van der Waals surface area (Å²) in [6.45, 7) is 5.65. The quantitative estimate of drug-likeness (QED) is 0.709. The van der Waals surface area contributed by atoms with Crippen molar-refractivity contribution in [3.05, 3.63) is 23.8 Å². The molecule has 0 fully saturated rings. The first kappa shape index (κ1) is 9.84. The zero-order valence-corrected chi connectivity index (χ0v) is 8.24. The highest BCUT2D eigenvalue weighted by molar-refractivity contribution is 5.84. The van der Waals surface area contributed by atoms with Crippen LogP contribution in [0.2, 0.25) is 0 Å². The first-order valence-electron chi connectivity index (χ1n) is 4.46. The summed E-state index contributed by atoms with van der Waals surface area (Å²) < 4.78 is 0. The molecule has 0 aromatic carbocycles. The van der Waals surface area contributed by atoms with Crippen LogP contribution >= 0.6 is 0 Å². The highest BCUT2D eigenvalue weighted by Crippen LogP contribution is 2.14. The molecule has 1 heterocycles. The van der Waals surface area contributed by atoms with Gasteiger partial charge in [-0.15, -0.1) is 0 Å². The topological polar surface area (TPSA) is 42.9 Å². The predicted octanol–water partition coefficient (Wildman–Crippen LogP) is 1.87. The van der Waals surface area contributed by atoms with Gasteiger partial charge in [-0.1, -0.05) is 6.92 Å². The van der Waals surface area contributed by atoms with Crippen LogP contribution in [0.1, 0.15) is 37.6 Å². The molecule has 0 spiro atoms. The van der Waals surface area contributed by atoms with E-state index in [1.165, 1.54) is 6.33 Å². The summed E-state index contributed by atoms with van der Waals surface area (Å²) in [6, 6.07) is 1.86. The minimum Gasteiger partial charge on any atom is -0.299 e. The van der Waals surface area contributed by atoms with Crippen LogP contribution < -0.4 is 0 Å². The van der Waals surface area contributed by atoms with Crippen molar-refractivity contribution in [3.8, 4) is 0 Å². The van der Waals surface area contributed by atoms with Crippen molar-refractivity contribution in [1.29, 1.82) is 0 Å². The van der Waals surface area contributed by atoms with Crippen LogP contribution in [0, 0.1) is 6.92 Å². The Bertz CT molecular complexity index is 310. The second kappa shape index (κ2) is 4.12. The van der Waals surface area contributed by atoms with Crippen molar-refractivity contribution in [1.82, 2.24) is 9.97 Å². The maximum absolute atomic E-state index is 11.4. The summed E-state index contributed by atoms with van der Waals surface area (Å²) in [5, 5.41) is 0. The SMILES string of the molecule is CCC(=O)C(C)c1cc(C)ncn1. The van der Waals surface area contributed by atoms with Crippen molar-refractivity contribution in [3.63, 3.8) is 0 Å². The molecule has 13 heavy (non-hydrogen) atoms. The first-order valence-corrected chi connectivity index (χ1v) is 4.46. The van der Waals surface area contributed by atoms with Crippen molar-refractivity contribution in [2.24, 2.45) is 0 Å². The molecule has 3 nitrogen and oxygen atoms in total. The molecule has 0 aliphatic heterocycles. The first-order chi connectivity index (χ1) is 6.15. The fraction of sp³-hybridized carbons (Fsp3) is 0.500. The third-order valence-electron chi connectivity index (χ3n) is 2.10. The fourth-order valence-corrected chi connectivity index (χ4v) is 1.18. The summed E-state index contributed by atoms with van der Waals surface area (Å²) >= 11 is 0. The smallest absolute Gasteiger partial charge is 0.141 e. The van der Waals surface area contributed by atoms with Gasteiger partial charge in [-0.2, -0.15) is 0 Å². The van der Waals surface area contributed by atoms with E-state index in [1.54, 1.807) is 0 Å². The van der Waals surface area contributed by atoms with Crippen LogP contribution in [-0.2, 0) is 4.79 Å². The number of aromatic nitrogens is 2. The van der Waals surface area contributed by atoms with Crippen LogP contribution in [0.5, 0.6) is 0 Å². The van der Waals surface area contributed by atoms with Gasteiger partial charge in [-0.25, -0.2) is 9.97 Å². The van der Waals surface area contributed by atoms with Gasteiger partial charge in [0.05, 0.1) is 11.6 Å². The van der Waals surface area contributed by atoms with Gasteiger partial charge in [-0.3, -0.25) is 4.79 Å². The number of ketones is 1. The number of carbonyl (C=O) groups excluding carboxylic acids is 1. The summed E-state index contributed by atoms with van der Waals surface area (Å²) in [5.74, 6) is 0.116. The lowest BCUT2D eigenvalue weighted by atomic mass is 10.0. The van der Waals surface area contributed by atoms with E-state index in [0.29, 0.717) is 6.42 Å². The summed E-state index contributed by atoms with van der Waals surface area (Å²) in [5.41, 5.74) is 1.72. The van der Waals surface area contributed by atoms with Gasteiger partial charge in [0.1, 0.15) is 12.1 Å². The van der Waals surface area contributed by atoms with Gasteiger partial charge in [0.15, 0.2) is 0 Å². The average Bonchev–Trinajstić information content (AvgIpc) is 2.15. The van der Waals surface area contributed by atoms with Crippen LogP contribution in [-0.4, -0.2) is 15.8 Å². The number of aryl methyl sites for hydroxylation is 1. The molecule has 0 saturated carbocycles. The summed E-state index contributed by atoms with van der Waals surface area (Å²) in [7, 11) is 0. The summed E-state index contributed by atoms with van der Waals surface area (Å²) in [6.07, 6.45) is 2.06. The van der Waals surface area contributed by atoms with Crippen LogP contribution in [0.25, 0.3) is 0 Å². The van der Waals surface area contributed by atoms with E-state index in [4.69, 9.17) is 0 Å². The minimum absolute atomic E-state index is 0.105. The number of hydrogen-bond donors (Lipinski definition) is 0. The molecule has 1 rings (SSSR count). The number of nitrogens with zero attached hydrogens (tertiary/aromatic N) is 2. The Labute approximate surface area is 78.2 Å². The van der Waals surface area contributed by atoms with E-state index in [1.807, 2.05) is 26.8 Å². The van der Waals surface area contributed by atoms with Crippen molar-refractivity contribution in [2.45, 2.75) is 33.1 Å². The Hall–Kier alpha value is -1.25. The summed E-state index contributed by atoms with van der Waals surface area (Å²) in [4.78, 5) is 19.4. The molecule has 3 heteroatoms. The van der Waals surface area contributed by atoms with E-state index in [2.05, 4.69) is 9.97 Å². The van der Waals surface area contributed by atoms with E-state index >= 15 is 0 Å². The molecule has 0 bridgehead atoms. The van der Waals surface area contributed by atoms with Gasteiger partial charge < -0.3 is 0 Å². The van der Waals surface area contributed by atoms with E-state index in [-0.39, 0.29) is 11.7 Å². The standard InChI is InChI=1S/C10H14N2O/c1-4-10(13)8(3)9-5-7(2)11-6-12-9/h5-6,8H,4H2,1-3H3. The number of hydrogen-bond acceptors (Lipinski definition) is 3. The van der Waals surface area contributed by atoms with Crippen molar-refractivity contribution >= 4 is 5.78 Å². The Morgan fingerprint density at radius 3 is 2.77 bits per heavy atom. The Kier molecular flexibility index (Phi) is 3.12. The average molecular weight is 178 g/mol. The van der Waals surface area contributed by atoms with Gasteiger partial charge in [-0.05, 0) is 19.9 Å². The predicted molar refractivity (Wildman–Crippen MR) is 50.5 cm³/mol. The molecular formula is C10H14N2O. The third kappa shape index (κ3) is 2.34. The number of rotatable bonds is 3. The molecule has 1 unspecified atom stereocenters. The molecule has 0 aliphatic rings. The highest BCUT2D eigenvalue weighted by atomic mass is 16.1. The second-order valence-electron chi connectivity index (χ2n) is 3.13. The largest absolute Gasteiger partial charge is 0.299 e. The Morgan fingerprint density at radius 1 is 1.54 bits per heavy atom. The van der Waals surface area contributed by atoms with Crippen LogP contribution in [0.4, 0.5) is 0 Å². The van der Waals surface area contributed by atoms with Gasteiger partial charge in [0.2, 0.25) is 0 Å². The molecule has 70 valence electrons. The van der Waals surface area contributed by atoms with Crippen molar-refractivity contribution < 1.29 is 4.79 Å². The number of Topliss-reactive ketones (excluding diaryl/α,β-unsaturated/α-hetero) is 1. The van der Waals surface area contributed by atoms with E-state index < -0.39 is 0 Å².